The van der Waals surface area contributed by atoms with E-state index in [1.807, 2.05) is 31.2 Å². The Bertz CT molecular complexity index is 717. The van der Waals surface area contributed by atoms with Gasteiger partial charge in [-0.05, 0) is 37.5 Å². The van der Waals surface area contributed by atoms with Gasteiger partial charge in [-0.3, -0.25) is 4.79 Å². The van der Waals surface area contributed by atoms with Crippen molar-refractivity contribution < 1.29 is 14.1 Å². The topological polar surface area (TPSA) is 68.5 Å². The van der Waals surface area contributed by atoms with Gasteiger partial charge in [-0.25, -0.2) is 0 Å². The first kappa shape index (κ1) is 14.2. The number of rotatable bonds is 5. The normalized spacial score (nSPS) is 17.9. The average molecular weight is 313 g/mol. The molecule has 120 valence electrons. The van der Waals surface area contributed by atoms with Crippen LogP contribution < -0.4 is 4.74 Å². The Labute approximate surface area is 134 Å². The third kappa shape index (κ3) is 3.06. The van der Waals surface area contributed by atoms with Gasteiger partial charge in [0, 0.05) is 19.0 Å². The SMILES string of the molecule is Cc1cccc(OCC(=O)N2CC(c3nc(C4CC4)no3)C2)c1. The van der Waals surface area contributed by atoms with E-state index >= 15 is 0 Å². The Morgan fingerprint density at radius 3 is 2.91 bits per heavy atom. The van der Waals surface area contributed by atoms with E-state index in [1.54, 1.807) is 4.90 Å². The van der Waals surface area contributed by atoms with E-state index < -0.39 is 0 Å². The second-order valence-electron chi connectivity index (χ2n) is 6.37. The van der Waals surface area contributed by atoms with Crippen molar-refractivity contribution in [2.24, 2.45) is 0 Å². The number of hydrogen-bond acceptors (Lipinski definition) is 5. The molecule has 6 nitrogen and oxygen atoms in total. The summed E-state index contributed by atoms with van der Waals surface area (Å²) in [5.74, 6) is 2.86. The monoisotopic (exact) mass is 313 g/mol. The van der Waals surface area contributed by atoms with Crippen molar-refractivity contribution in [2.75, 3.05) is 19.7 Å². The summed E-state index contributed by atoms with van der Waals surface area (Å²) in [4.78, 5) is 18.3. The lowest BCUT2D eigenvalue weighted by Gasteiger charge is -2.36. The zero-order valence-corrected chi connectivity index (χ0v) is 13.1. The molecular weight excluding hydrogens is 294 g/mol. The Morgan fingerprint density at radius 2 is 2.17 bits per heavy atom. The molecule has 1 aliphatic heterocycles. The number of aryl methyl sites for hydroxylation is 1. The molecule has 2 aromatic rings. The molecule has 1 aliphatic carbocycles. The van der Waals surface area contributed by atoms with Crippen LogP contribution in [0.1, 0.15) is 42.0 Å². The molecule has 0 bridgehead atoms. The number of aromatic nitrogens is 2. The highest BCUT2D eigenvalue weighted by Crippen LogP contribution is 2.39. The van der Waals surface area contributed by atoms with Gasteiger partial charge in [0.15, 0.2) is 12.4 Å². The van der Waals surface area contributed by atoms with E-state index in [4.69, 9.17) is 9.26 Å². The summed E-state index contributed by atoms with van der Waals surface area (Å²) in [5, 5.41) is 4.02. The largest absolute Gasteiger partial charge is 0.484 e. The van der Waals surface area contributed by atoms with Crippen molar-refractivity contribution in [2.45, 2.75) is 31.6 Å². The molecule has 1 aromatic carbocycles. The summed E-state index contributed by atoms with van der Waals surface area (Å²) in [5.41, 5.74) is 1.11. The van der Waals surface area contributed by atoms with Crippen molar-refractivity contribution in [1.29, 1.82) is 0 Å². The summed E-state index contributed by atoms with van der Waals surface area (Å²) in [6, 6.07) is 7.69. The highest BCUT2D eigenvalue weighted by Gasteiger charge is 2.37. The fraction of sp³-hybridized carbons (Fsp3) is 0.471. The lowest BCUT2D eigenvalue weighted by atomic mass is 10.0. The lowest BCUT2D eigenvalue weighted by molar-refractivity contribution is -0.138. The summed E-state index contributed by atoms with van der Waals surface area (Å²) < 4.78 is 10.9. The molecule has 0 spiro atoms. The van der Waals surface area contributed by atoms with E-state index in [9.17, 15) is 4.79 Å². The van der Waals surface area contributed by atoms with Crippen LogP contribution in [0.5, 0.6) is 5.75 Å². The number of carbonyl (C=O) groups is 1. The molecule has 0 unspecified atom stereocenters. The lowest BCUT2D eigenvalue weighted by Crippen LogP contribution is -2.50. The molecule has 2 aliphatic rings. The summed E-state index contributed by atoms with van der Waals surface area (Å²) in [7, 11) is 0. The van der Waals surface area contributed by atoms with Gasteiger partial charge in [-0.1, -0.05) is 17.3 Å². The molecule has 1 amide bonds. The second-order valence-corrected chi connectivity index (χ2v) is 6.37. The quantitative estimate of drug-likeness (QED) is 0.847. The fourth-order valence-corrected chi connectivity index (χ4v) is 2.70. The first-order valence-electron chi connectivity index (χ1n) is 8.00. The van der Waals surface area contributed by atoms with Gasteiger partial charge in [-0.15, -0.1) is 0 Å². The summed E-state index contributed by atoms with van der Waals surface area (Å²) >= 11 is 0. The zero-order chi connectivity index (χ0) is 15.8. The van der Waals surface area contributed by atoms with Crippen LogP contribution in [-0.4, -0.2) is 40.6 Å². The number of carbonyl (C=O) groups excluding carboxylic acids is 1. The minimum absolute atomic E-state index is 0.00955. The molecule has 0 atom stereocenters. The van der Waals surface area contributed by atoms with Crippen LogP contribution in [0.3, 0.4) is 0 Å². The van der Waals surface area contributed by atoms with Crippen LogP contribution in [0.25, 0.3) is 0 Å². The highest BCUT2D eigenvalue weighted by molar-refractivity contribution is 5.78. The van der Waals surface area contributed by atoms with E-state index in [-0.39, 0.29) is 18.4 Å². The van der Waals surface area contributed by atoms with Gasteiger partial charge < -0.3 is 14.2 Å². The van der Waals surface area contributed by atoms with Crippen molar-refractivity contribution in [3.63, 3.8) is 0 Å². The van der Waals surface area contributed by atoms with E-state index in [0.29, 0.717) is 24.9 Å². The molecule has 1 aromatic heterocycles. The van der Waals surface area contributed by atoms with Gasteiger partial charge in [0.1, 0.15) is 5.75 Å². The zero-order valence-electron chi connectivity index (χ0n) is 13.1. The van der Waals surface area contributed by atoms with Gasteiger partial charge in [0.2, 0.25) is 5.89 Å². The van der Waals surface area contributed by atoms with Gasteiger partial charge >= 0.3 is 0 Å². The van der Waals surface area contributed by atoms with E-state index in [2.05, 4.69) is 10.1 Å². The average Bonchev–Trinajstić information content (AvgIpc) is 3.23. The second kappa shape index (κ2) is 5.68. The molecule has 1 saturated heterocycles. The third-order valence-corrected chi connectivity index (χ3v) is 4.34. The van der Waals surface area contributed by atoms with Gasteiger partial charge in [0.05, 0.1) is 5.92 Å². The fourth-order valence-electron chi connectivity index (χ4n) is 2.70. The minimum atomic E-state index is -0.00955. The standard InChI is InChI=1S/C17H19N3O3/c1-11-3-2-4-14(7-11)22-10-15(21)20-8-13(9-20)17-18-16(19-23-17)12-5-6-12/h2-4,7,12-13H,5-6,8-10H2,1H3. The van der Waals surface area contributed by atoms with Crippen LogP contribution in [-0.2, 0) is 4.79 Å². The molecule has 4 rings (SSSR count). The molecular formula is C17H19N3O3. The first-order chi connectivity index (χ1) is 11.2. The van der Waals surface area contributed by atoms with Crippen molar-refractivity contribution in [1.82, 2.24) is 15.0 Å². The number of hydrogen-bond donors (Lipinski definition) is 0. The molecule has 0 radical (unpaired) electrons. The molecule has 1 saturated carbocycles. The van der Waals surface area contributed by atoms with Crippen molar-refractivity contribution in [3.05, 3.63) is 41.5 Å². The maximum absolute atomic E-state index is 12.1. The molecule has 23 heavy (non-hydrogen) atoms. The predicted octanol–water partition coefficient (Wildman–Crippen LogP) is 2.26. The predicted molar refractivity (Wildman–Crippen MR) is 82.3 cm³/mol. The number of nitrogens with zero attached hydrogens (tertiary/aromatic N) is 3. The molecule has 2 heterocycles. The van der Waals surface area contributed by atoms with Gasteiger partial charge in [-0.2, -0.15) is 4.98 Å². The Morgan fingerprint density at radius 1 is 1.35 bits per heavy atom. The number of amides is 1. The van der Waals surface area contributed by atoms with Crippen LogP contribution in [0.15, 0.2) is 28.8 Å². The minimum Gasteiger partial charge on any atom is -0.484 e. The Hall–Kier alpha value is -2.37. The van der Waals surface area contributed by atoms with E-state index in [0.717, 1.165) is 30.0 Å². The van der Waals surface area contributed by atoms with Crippen molar-refractivity contribution in [3.8, 4) is 5.75 Å². The summed E-state index contributed by atoms with van der Waals surface area (Å²) in [6.07, 6.45) is 2.31. The number of benzene rings is 1. The smallest absolute Gasteiger partial charge is 0.260 e. The number of likely N-dealkylation sites (tertiary alicyclic amines) is 1. The van der Waals surface area contributed by atoms with Crippen LogP contribution in [0, 0.1) is 6.92 Å². The Balaban J connectivity index is 1.26. The third-order valence-electron chi connectivity index (χ3n) is 4.34. The maximum atomic E-state index is 12.1. The van der Waals surface area contributed by atoms with Gasteiger partial charge in [0.25, 0.3) is 5.91 Å². The number of ether oxygens (including phenoxy) is 1. The van der Waals surface area contributed by atoms with Crippen LogP contribution in [0.2, 0.25) is 0 Å². The molecule has 0 N–H and O–H groups in total. The van der Waals surface area contributed by atoms with Crippen molar-refractivity contribution >= 4 is 5.91 Å². The maximum Gasteiger partial charge on any atom is 0.260 e. The highest BCUT2D eigenvalue weighted by atomic mass is 16.5. The molecule has 2 fully saturated rings. The van der Waals surface area contributed by atoms with Crippen LogP contribution in [0.4, 0.5) is 0 Å². The summed E-state index contributed by atoms with van der Waals surface area (Å²) in [6.45, 7) is 3.31. The van der Waals surface area contributed by atoms with E-state index in [1.165, 1.54) is 0 Å². The molecule has 6 heteroatoms. The first-order valence-corrected chi connectivity index (χ1v) is 8.00. The van der Waals surface area contributed by atoms with Crippen LogP contribution >= 0.6 is 0 Å². The Kier molecular flexibility index (Phi) is 3.52.